The van der Waals surface area contributed by atoms with E-state index in [-0.39, 0.29) is 17.4 Å². The quantitative estimate of drug-likeness (QED) is 0.640. The normalized spacial score (nSPS) is 26.9. The second kappa shape index (κ2) is 6.63. The predicted octanol–water partition coefficient (Wildman–Crippen LogP) is 2.00. The first kappa shape index (κ1) is 19.9. The van der Waals surface area contributed by atoms with Gasteiger partial charge in [0, 0.05) is 29.4 Å². The maximum Gasteiger partial charge on any atom is 0.327 e. The van der Waals surface area contributed by atoms with E-state index >= 15 is 0 Å². The van der Waals surface area contributed by atoms with Crippen LogP contribution in [0.3, 0.4) is 0 Å². The van der Waals surface area contributed by atoms with Crippen molar-refractivity contribution in [3.63, 3.8) is 0 Å². The molecule has 3 N–H and O–H groups in total. The zero-order valence-corrected chi connectivity index (χ0v) is 16.8. The Labute approximate surface area is 162 Å². The van der Waals surface area contributed by atoms with Crippen molar-refractivity contribution in [3.05, 3.63) is 33.9 Å². The third-order valence-corrected chi connectivity index (χ3v) is 7.14. The van der Waals surface area contributed by atoms with E-state index in [0.717, 1.165) is 35.1 Å². The summed E-state index contributed by atoms with van der Waals surface area (Å²) >= 11 is 1.42. The summed E-state index contributed by atoms with van der Waals surface area (Å²) in [6.45, 7) is 6.85. The number of amides is 1. The van der Waals surface area contributed by atoms with E-state index in [0.29, 0.717) is 11.3 Å². The van der Waals surface area contributed by atoms with Crippen molar-refractivity contribution < 1.29 is 24.6 Å². The van der Waals surface area contributed by atoms with Crippen LogP contribution < -0.4 is 5.32 Å². The molecule has 0 aliphatic heterocycles. The summed E-state index contributed by atoms with van der Waals surface area (Å²) in [5, 5.41) is 22.5. The van der Waals surface area contributed by atoms with Gasteiger partial charge >= 0.3 is 5.97 Å². The molecule has 3 aliphatic rings. The first-order valence-electron chi connectivity index (χ1n) is 9.01. The molecule has 0 heterocycles. The number of aliphatic carboxylic acids is 1. The van der Waals surface area contributed by atoms with Crippen molar-refractivity contribution in [2.45, 2.75) is 52.2 Å². The van der Waals surface area contributed by atoms with Gasteiger partial charge in [0.15, 0.2) is 5.78 Å². The van der Waals surface area contributed by atoms with Gasteiger partial charge in [-0.1, -0.05) is 5.57 Å². The first-order valence-corrected chi connectivity index (χ1v) is 10.2. The maximum absolute atomic E-state index is 12.9. The number of rotatable bonds is 6. The molecule has 1 unspecified atom stereocenters. The average Bonchev–Trinajstić information content (AvgIpc) is 3.32. The molecule has 1 fully saturated rings. The molecule has 1 spiro atoms. The Morgan fingerprint density at radius 1 is 1.33 bits per heavy atom. The molecule has 0 aromatic heterocycles. The van der Waals surface area contributed by atoms with Crippen LogP contribution in [0.2, 0.25) is 0 Å². The van der Waals surface area contributed by atoms with Gasteiger partial charge in [0.25, 0.3) is 0 Å². The Kier molecular flexibility index (Phi) is 4.89. The van der Waals surface area contributed by atoms with E-state index in [2.05, 4.69) is 5.32 Å². The fraction of sp³-hybridized carbons (Fsp3) is 0.550. The Balaban J connectivity index is 1.81. The second-order valence-corrected chi connectivity index (χ2v) is 8.84. The number of carboxylic acid groups (broad SMARTS) is 1. The minimum Gasteiger partial charge on any atom is -0.480 e. The number of fused-ring (bicyclic) bond motifs is 1. The Morgan fingerprint density at radius 3 is 2.48 bits per heavy atom. The summed E-state index contributed by atoms with van der Waals surface area (Å²) in [5.74, 6) is -0.874. The number of carbonyl (C=O) groups is 3. The van der Waals surface area contributed by atoms with Crippen molar-refractivity contribution in [3.8, 4) is 0 Å². The van der Waals surface area contributed by atoms with Crippen LogP contribution in [0.5, 0.6) is 0 Å². The van der Waals surface area contributed by atoms with Gasteiger partial charge in [0.05, 0.1) is 0 Å². The number of nitrogens with one attached hydrogen (secondary N) is 1. The van der Waals surface area contributed by atoms with Crippen LogP contribution in [-0.4, -0.2) is 51.0 Å². The third-order valence-electron chi connectivity index (χ3n) is 6.08. The largest absolute Gasteiger partial charge is 0.480 e. The lowest BCUT2D eigenvalue weighted by atomic mass is 9.67. The standard InChI is InChI=1S/C20H25NO5S/c1-10-7-13-16(11(2)20(5-6-20)19(4,26)17(13)23)14(10)8-27-9-15(18(24)25)21-12(3)22/h7,15,26H,5-6,8-9H2,1-4H3,(H,21,22)(H,24,25)/t15?,19-/m0/s1. The summed E-state index contributed by atoms with van der Waals surface area (Å²) < 4.78 is 0. The number of aliphatic hydroxyl groups is 1. The molecule has 3 rings (SSSR count). The monoisotopic (exact) mass is 391 g/mol. The molecule has 7 heteroatoms. The molecular formula is C20H25NO5S. The van der Waals surface area contributed by atoms with Crippen LogP contribution in [-0.2, 0) is 14.4 Å². The molecule has 27 heavy (non-hydrogen) atoms. The Bertz CT molecular complexity index is 829. The highest BCUT2D eigenvalue weighted by atomic mass is 32.2. The molecule has 0 saturated heterocycles. The number of hydrogen-bond acceptors (Lipinski definition) is 5. The van der Waals surface area contributed by atoms with E-state index in [9.17, 15) is 24.6 Å². The highest BCUT2D eigenvalue weighted by molar-refractivity contribution is 7.99. The lowest BCUT2D eigenvalue weighted by Gasteiger charge is -2.39. The second-order valence-electron chi connectivity index (χ2n) is 7.81. The number of carbonyl (C=O) groups excluding carboxylic acids is 2. The number of carboxylic acids is 1. The first-order chi connectivity index (χ1) is 12.5. The summed E-state index contributed by atoms with van der Waals surface area (Å²) in [6, 6.07) is -0.944. The summed E-state index contributed by atoms with van der Waals surface area (Å²) in [4.78, 5) is 35.4. The summed E-state index contributed by atoms with van der Waals surface area (Å²) in [5.41, 5.74) is 2.73. The zero-order chi connectivity index (χ0) is 20.1. The zero-order valence-electron chi connectivity index (χ0n) is 16.0. The molecule has 1 amide bonds. The highest BCUT2D eigenvalue weighted by Gasteiger charge is 2.64. The summed E-state index contributed by atoms with van der Waals surface area (Å²) in [6.07, 6.45) is 3.44. The smallest absolute Gasteiger partial charge is 0.327 e. The average molecular weight is 391 g/mol. The molecule has 0 bridgehead atoms. The molecular weight excluding hydrogens is 366 g/mol. The van der Waals surface area contributed by atoms with Gasteiger partial charge in [-0.15, -0.1) is 0 Å². The van der Waals surface area contributed by atoms with Crippen LogP contribution in [0.1, 0.15) is 40.5 Å². The number of Topliss-reactive ketones (excluding diaryl/α,β-unsaturated/α-hetero) is 1. The van der Waals surface area contributed by atoms with Gasteiger partial charge in [-0.3, -0.25) is 9.59 Å². The van der Waals surface area contributed by atoms with Crippen LogP contribution in [0, 0.1) is 5.41 Å². The van der Waals surface area contributed by atoms with Crippen LogP contribution >= 0.6 is 11.8 Å². The van der Waals surface area contributed by atoms with Crippen molar-refractivity contribution >= 4 is 29.4 Å². The molecule has 1 saturated carbocycles. The van der Waals surface area contributed by atoms with Crippen molar-refractivity contribution in [2.24, 2.45) is 5.41 Å². The van der Waals surface area contributed by atoms with Gasteiger partial charge in [0.2, 0.25) is 5.91 Å². The fourth-order valence-electron chi connectivity index (χ4n) is 4.30. The van der Waals surface area contributed by atoms with Crippen LogP contribution in [0.4, 0.5) is 0 Å². The van der Waals surface area contributed by atoms with E-state index < -0.39 is 23.0 Å². The summed E-state index contributed by atoms with van der Waals surface area (Å²) in [7, 11) is 0. The molecule has 3 aliphatic carbocycles. The molecule has 146 valence electrons. The topological polar surface area (TPSA) is 104 Å². The highest BCUT2D eigenvalue weighted by Crippen LogP contribution is 2.65. The van der Waals surface area contributed by atoms with E-state index in [1.54, 1.807) is 6.92 Å². The van der Waals surface area contributed by atoms with Crippen LogP contribution in [0.25, 0.3) is 0 Å². The number of ketones is 1. The van der Waals surface area contributed by atoms with Gasteiger partial charge < -0.3 is 15.5 Å². The molecule has 6 nitrogen and oxygen atoms in total. The lowest BCUT2D eigenvalue weighted by Crippen LogP contribution is -2.49. The van der Waals surface area contributed by atoms with Crippen molar-refractivity contribution in [1.29, 1.82) is 0 Å². The van der Waals surface area contributed by atoms with E-state index in [1.807, 2.05) is 19.9 Å². The van der Waals surface area contributed by atoms with Gasteiger partial charge in [-0.05, 0) is 56.4 Å². The van der Waals surface area contributed by atoms with Crippen molar-refractivity contribution in [1.82, 2.24) is 5.32 Å². The number of hydrogen-bond donors (Lipinski definition) is 3. The molecule has 0 radical (unpaired) electrons. The van der Waals surface area contributed by atoms with Gasteiger partial charge in [-0.2, -0.15) is 11.8 Å². The third kappa shape index (κ3) is 3.06. The van der Waals surface area contributed by atoms with Gasteiger partial charge in [-0.25, -0.2) is 4.79 Å². The maximum atomic E-state index is 12.9. The van der Waals surface area contributed by atoms with Crippen molar-refractivity contribution in [2.75, 3.05) is 11.5 Å². The lowest BCUT2D eigenvalue weighted by molar-refractivity contribution is -0.140. The fourth-order valence-corrected chi connectivity index (χ4v) is 5.45. The minimum absolute atomic E-state index is 0.221. The molecule has 0 aromatic carbocycles. The Hall–Kier alpha value is -1.86. The van der Waals surface area contributed by atoms with Crippen LogP contribution in [0.15, 0.2) is 33.9 Å². The minimum atomic E-state index is -1.37. The van der Waals surface area contributed by atoms with E-state index in [1.165, 1.54) is 18.7 Å². The number of thioether (sulfide) groups is 1. The molecule has 2 atom stereocenters. The van der Waals surface area contributed by atoms with Gasteiger partial charge in [0.1, 0.15) is 11.6 Å². The predicted molar refractivity (Wildman–Crippen MR) is 103 cm³/mol. The molecule has 0 aromatic rings. The van der Waals surface area contributed by atoms with E-state index in [4.69, 9.17) is 0 Å². The number of allylic oxidation sites excluding steroid dienone is 3. The SMILES string of the molecule is CC(=O)NC(CSCC1=C(C)C=C2C(=O)[C@](C)(O)C3(CC3)C(C)=C21)C(=O)O. The Morgan fingerprint density at radius 2 is 1.96 bits per heavy atom.